The van der Waals surface area contributed by atoms with Gasteiger partial charge in [0.25, 0.3) is 0 Å². The summed E-state index contributed by atoms with van der Waals surface area (Å²) in [5.41, 5.74) is 0. The first-order valence-corrected chi connectivity index (χ1v) is 3.79. The molecule has 1 atom stereocenters. The third-order valence-electron chi connectivity index (χ3n) is 1.56. The van der Waals surface area contributed by atoms with Crippen molar-refractivity contribution in [3.05, 3.63) is 0 Å². The summed E-state index contributed by atoms with van der Waals surface area (Å²) >= 11 is 0. The van der Waals surface area contributed by atoms with Gasteiger partial charge in [-0.1, -0.05) is 20.3 Å². The standard InChI is InChI=1S/C7H17NO2/c1-3-5-7(10)8(4-2)6-9/h7,9-10H,3-6H2,1-2H3. The van der Waals surface area contributed by atoms with E-state index in [1.54, 1.807) is 4.90 Å². The van der Waals surface area contributed by atoms with Crippen LogP contribution in [-0.4, -0.2) is 34.6 Å². The predicted octanol–water partition coefficient (Wildman–Crippen LogP) is 0.377. The molecule has 3 nitrogen and oxygen atoms in total. The molecule has 3 heteroatoms. The van der Waals surface area contributed by atoms with Gasteiger partial charge in [-0.2, -0.15) is 0 Å². The number of nitrogens with zero attached hydrogens (tertiary/aromatic N) is 1. The Morgan fingerprint density at radius 3 is 2.30 bits per heavy atom. The van der Waals surface area contributed by atoms with E-state index < -0.39 is 6.23 Å². The van der Waals surface area contributed by atoms with Gasteiger partial charge in [-0.3, -0.25) is 4.90 Å². The van der Waals surface area contributed by atoms with Crippen molar-refractivity contribution < 1.29 is 10.2 Å². The van der Waals surface area contributed by atoms with E-state index in [4.69, 9.17) is 5.11 Å². The molecular weight excluding hydrogens is 130 g/mol. The zero-order chi connectivity index (χ0) is 7.98. The summed E-state index contributed by atoms with van der Waals surface area (Å²) in [6, 6.07) is 0. The zero-order valence-corrected chi connectivity index (χ0v) is 6.75. The smallest absolute Gasteiger partial charge is 0.109 e. The lowest BCUT2D eigenvalue weighted by Gasteiger charge is -2.23. The van der Waals surface area contributed by atoms with Crippen LogP contribution in [0.5, 0.6) is 0 Å². The maximum Gasteiger partial charge on any atom is 0.109 e. The van der Waals surface area contributed by atoms with E-state index in [1.807, 2.05) is 13.8 Å². The fraction of sp³-hybridized carbons (Fsp3) is 1.00. The lowest BCUT2D eigenvalue weighted by atomic mass is 10.3. The van der Waals surface area contributed by atoms with Gasteiger partial charge in [0.2, 0.25) is 0 Å². The van der Waals surface area contributed by atoms with Crippen LogP contribution in [0, 0.1) is 0 Å². The molecule has 0 saturated heterocycles. The molecule has 0 aliphatic carbocycles. The van der Waals surface area contributed by atoms with Crippen LogP contribution < -0.4 is 0 Å². The minimum atomic E-state index is -0.472. The summed E-state index contributed by atoms with van der Waals surface area (Å²) in [6.45, 7) is 4.55. The van der Waals surface area contributed by atoms with Crippen molar-refractivity contribution in [3.8, 4) is 0 Å². The minimum absolute atomic E-state index is 0.0579. The van der Waals surface area contributed by atoms with Gasteiger partial charge in [-0.25, -0.2) is 0 Å². The highest BCUT2D eigenvalue weighted by molar-refractivity contribution is 4.53. The predicted molar refractivity (Wildman–Crippen MR) is 40.4 cm³/mol. The van der Waals surface area contributed by atoms with Gasteiger partial charge in [0.15, 0.2) is 0 Å². The lowest BCUT2D eigenvalue weighted by molar-refractivity contribution is -0.0468. The molecule has 0 fully saturated rings. The fourth-order valence-corrected chi connectivity index (χ4v) is 0.846. The SMILES string of the molecule is CCCC(O)N(CC)CO. The molecule has 2 N–H and O–H groups in total. The summed E-state index contributed by atoms with van der Waals surface area (Å²) in [5, 5.41) is 18.0. The monoisotopic (exact) mass is 147 g/mol. The quantitative estimate of drug-likeness (QED) is 0.552. The highest BCUT2D eigenvalue weighted by atomic mass is 16.3. The maximum absolute atomic E-state index is 9.27. The maximum atomic E-state index is 9.27. The molecule has 0 saturated carbocycles. The lowest BCUT2D eigenvalue weighted by Crippen LogP contribution is -2.35. The van der Waals surface area contributed by atoms with Crippen LogP contribution in [0.4, 0.5) is 0 Å². The van der Waals surface area contributed by atoms with Gasteiger partial charge in [0.1, 0.15) is 6.23 Å². The Morgan fingerprint density at radius 1 is 1.40 bits per heavy atom. The van der Waals surface area contributed by atoms with E-state index in [0.717, 1.165) is 12.8 Å². The van der Waals surface area contributed by atoms with Crippen LogP contribution in [0.3, 0.4) is 0 Å². The summed E-state index contributed by atoms with van der Waals surface area (Å²) in [6.07, 6.45) is 1.20. The topological polar surface area (TPSA) is 43.7 Å². The molecule has 0 amide bonds. The molecule has 0 heterocycles. The van der Waals surface area contributed by atoms with Gasteiger partial charge in [-0.15, -0.1) is 0 Å². The molecule has 0 bridgehead atoms. The summed E-state index contributed by atoms with van der Waals surface area (Å²) in [7, 11) is 0. The zero-order valence-electron chi connectivity index (χ0n) is 6.75. The van der Waals surface area contributed by atoms with Crippen molar-refractivity contribution in [2.75, 3.05) is 13.3 Å². The molecule has 0 aliphatic rings. The summed E-state index contributed by atoms with van der Waals surface area (Å²) < 4.78 is 0. The van der Waals surface area contributed by atoms with E-state index in [2.05, 4.69) is 0 Å². The third-order valence-corrected chi connectivity index (χ3v) is 1.56. The Bertz CT molecular complexity index is 74.0. The van der Waals surface area contributed by atoms with Crippen molar-refractivity contribution in [1.29, 1.82) is 0 Å². The highest BCUT2D eigenvalue weighted by Crippen LogP contribution is 2.01. The van der Waals surface area contributed by atoms with Crippen molar-refractivity contribution >= 4 is 0 Å². The van der Waals surface area contributed by atoms with E-state index in [0.29, 0.717) is 6.54 Å². The van der Waals surface area contributed by atoms with Gasteiger partial charge in [0, 0.05) is 0 Å². The second kappa shape index (κ2) is 5.65. The van der Waals surface area contributed by atoms with Crippen molar-refractivity contribution in [2.45, 2.75) is 32.9 Å². The van der Waals surface area contributed by atoms with Crippen LogP contribution in [0.15, 0.2) is 0 Å². The molecule has 0 radical (unpaired) electrons. The van der Waals surface area contributed by atoms with Gasteiger partial charge >= 0.3 is 0 Å². The second-order valence-corrected chi connectivity index (χ2v) is 2.32. The Morgan fingerprint density at radius 2 is 2.00 bits per heavy atom. The molecule has 0 aromatic carbocycles. The van der Waals surface area contributed by atoms with E-state index in [9.17, 15) is 5.11 Å². The van der Waals surface area contributed by atoms with Gasteiger partial charge in [-0.05, 0) is 13.0 Å². The average molecular weight is 147 g/mol. The Labute approximate surface area is 62.3 Å². The average Bonchev–Trinajstić information content (AvgIpc) is 1.91. The van der Waals surface area contributed by atoms with E-state index in [-0.39, 0.29) is 6.73 Å². The normalized spacial score (nSPS) is 14.1. The second-order valence-electron chi connectivity index (χ2n) is 2.32. The van der Waals surface area contributed by atoms with Crippen LogP contribution in [0.2, 0.25) is 0 Å². The summed E-state index contributed by atoms with van der Waals surface area (Å²) in [4.78, 5) is 1.61. The molecule has 0 rings (SSSR count). The molecule has 0 aromatic rings. The Hall–Kier alpha value is -0.120. The first-order chi connectivity index (χ1) is 4.76. The van der Waals surface area contributed by atoms with E-state index >= 15 is 0 Å². The largest absolute Gasteiger partial charge is 0.381 e. The van der Waals surface area contributed by atoms with Gasteiger partial charge in [0.05, 0.1) is 6.73 Å². The Balaban J connectivity index is 3.53. The van der Waals surface area contributed by atoms with Crippen LogP contribution >= 0.6 is 0 Å². The van der Waals surface area contributed by atoms with Crippen molar-refractivity contribution in [3.63, 3.8) is 0 Å². The molecule has 10 heavy (non-hydrogen) atoms. The van der Waals surface area contributed by atoms with Crippen molar-refractivity contribution in [2.24, 2.45) is 0 Å². The number of hydrogen-bond acceptors (Lipinski definition) is 3. The Kier molecular flexibility index (Phi) is 5.58. The first kappa shape index (κ1) is 9.88. The van der Waals surface area contributed by atoms with Gasteiger partial charge < -0.3 is 10.2 Å². The number of rotatable bonds is 5. The summed E-state index contributed by atoms with van der Waals surface area (Å²) in [5.74, 6) is 0. The highest BCUT2D eigenvalue weighted by Gasteiger charge is 2.09. The number of hydrogen-bond donors (Lipinski definition) is 2. The molecule has 0 aliphatic heterocycles. The molecular formula is C7H17NO2. The van der Waals surface area contributed by atoms with E-state index in [1.165, 1.54) is 0 Å². The molecule has 62 valence electrons. The number of aliphatic hydroxyl groups excluding tert-OH is 2. The van der Waals surface area contributed by atoms with Crippen molar-refractivity contribution in [1.82, 2.24) is 4.90 Å². The van der Waals surface area contributed by atoms with Crippen LogP contribution in [-0.2, 0) is 0 Å². The molecule has 1 unspecified atom stereocenters. The fourth-order valence-electron chi connectivity index (χ4n) is 0.846. The number of aliphatic hydroxyl groups is 2. The van der Waals surface area contributed by atoms with Crippen LogP contribution in [0.25, 0.3) is 0 Å². The molecule has 0 aromatic heterocycles. The van der Waals surface area contributed by atoms with Crippen LogP contribution in [0.1, 0.15) is 26.7 Å². The minimum Gasteiger partial charge on any atom is -0.381 e. The molecule has 0 spiro atoms. The first-order valence-electron chi connectivity index (χ1n) is 3.79. The third kappa shape index (κ3) is 3.15.